The number of thiazole rings is 1. The second kappa shape index (κ2) is 8.31. The van der Waals surface area contributed by atoms with Crippen molar-refractivity contribution in [3.05, 3.63) is 40.6 Å². The van der Waals surface area contributed by atoms with Gasteiger partial charge in [-0.3, -0.25) is 15.1 Å². The monoisotopic (exact) mass is 395 g/mol. The predicted octanol–water partition coefficient (Wildman–Crippen LogP) is 4.14. The van der Waals surface area contributed by atoms with Gasteiger partial charge in [0.15, 0.2) is 10.0 Å². The maximum absolute atomic E-state index is 12.8. The molecule has 0 spiro atoms. The van der Waals surface area contributed by atoms with E-state index in [1.165, 1.54) is 30.4 Å². The number of carbonyl (C=O) groups is 1. The van der Waals surface area contributed by atoms with E-state index in [1.54, 1.807) is 24.6 Å². The van der Waals surface area contributed by atoms with Crippen LogP contribution in [-0.2, 0) is 16.0 Å². The zero-order valence-electron chi connectivity index (χ0n) is 13.7. The number of allylic oxidation sites excluding steroid dienone is 1. The van der Waals surface area contributed by atoms with Gasteiger partial charge in [0, 0.05) is 0 Å². The highest BCUT2D eigenvalue weighted by molar-refractivity contribution is 7.90. The molecule has 1 N–H and O–H groups in total. The van der Waals surface area contributed by atoms with E-state index in [9.17, 15) is 9.35 Å². The molecule has 0 aliphatic heterocycles. The van der Waals surface area contributed by atoms with Crippen LogP contribution in [0, 0.1) is 5.92 Å². The van der Waals surface area contributed by atoms with Crippen molar-refractivity contribution in [2.24, 2.45) is 5.92 Å². The summed E-state index contributed by atoms with van der Waals surface area (Å²) in [6, 6.07) is 3.49. The number of amides is 1. The Morgan fingerprint density at radius 1 is 1.36 bits per heavy atom. The lowest BCUT2D eigenvalue weighted by Gasteiger charge is -2.11. The molecule has 8 heteroatoms. The molecule has 1 aliphatic carbocycles. The number of pyridine rings is 1. The number of nitrogens with zero attached hydrogens (tertiary/aromatic N) is 2. The maximum Gasteiger partial charge on any atom is 0.259 e. The molecular formula is C17H18ClN3O2S2. The average Bonchev–Trinajstić information content (AvgIpc) is 3.24. The van der Waals surface area contributed by atoms with Crippen molar-refractivity contribution in [3.63, 3.8) is 0 Å². The largest absolute Gasteiger partial charge is 0.612 e. The van der Waals surface area contributed by atoms with Gasteiger partial charge in [0.1, 0.15) is 10.6 Å². The molecule has 0 bridgehead atoms. The molecule has 5 nitrogen and oxygen atoms in total. The Balaban J connectivity index is 1.87. The first-order chi connectivity index (χ1) is 12.0. The molecule has 25 heavy (non-hydrogen) atoms. The third-order valence-electron chi connectivity index (χ3n) is 4.09. The van der Waals surface area contributed by atoms with E-state index in [-0.39, 0.29) is 5.91 Å². The van der Waals surface area contributed by atoms with E-state index in [4.69, 9.17) is 11.6 Å². The van der Waals surface area contributed by atoms with Gasteiger partial charge < -0.3 is 4.55 Å². The quantitative estimate of drug-likeness (QED) is 0.609. The highest BCUT2D eigenvalue weighted by atomic mass is 35.5. The van der Waals surface area contributed by atoms with Crippen LogP contribution in [0.5, 0.6) is 0 Å². The van der Waals surface area contributed by atoms with Gasteiger partial charge >= 0.3 is 0 Å². The smallest absolute Gasteiger partial charge is 0.259 e. The van der Waals surface area contributed by atoms with E-state index in [0.29, 0.717) is 31.5 Å². The number of anilines is 1. The molecule has 0 saturated heterocycles. The Morgan fingerprint density at radius 3 is 2.68 bits per heavy atom. The van der Waals surface area contributed by atoms with Crippen LogP contribution in [0.4, 0.5) is 5.13 Å². The third-order valence-corrected chi connectivity index (χ3v) is 6.02. The molecule has 2 aromatic heterocycles. The van der Waals surface area contributed by atoms with Crippen LogP contribution in [0.15, 0.2) is 35.5 Å². The first-order valence-corrected chi connectivity index (χ1v) is 10.7. The van der Waals surface area contributed by atoms with Crippen molar-refractivity contribution in [1.29, 1.82) is 0 Å². The fourth-order valence-corrected chi connectivity index (χ4v) is 4.09. The SMILES string of the molecule is C[S+]([O-])c1ccc(/C(=C\C2CCCC2)C(=O)Nc2ncc(Cl)s2)nc1. The molecular weight excluding hydrogens is 378 g/mol. The second-order valence-electron chi connectivity index (χ2n) is 5.88. The lowest BCUT2D eigenvalue weighted by Crippen LogP contribution is -2.15. The number of hydrogen-bond donors (Lipinski definition) is 1. The summed E-state index contributed by atoms with van der Waals surface area (Å²) >= 11 is 5.99. The molecule has 1 fully saturated rings. The molecule has 132 valence electrons. The van der Waals surface area contributed by atoms with Gasteiger partial charge in [-0.1, -0.05) is 41.9 Å². The first-order valence-electron chi connectivity index (χ1n) is 7.97. The van der Waals surface area contributed by atoms with Crippen molar-refractivity contribution in [3.8, 4) is 0 Å². The Hall–Kier alpha value is -1.41. The minimum absolute atomic E-state index is 0.254. The Labute approximate surface area is 158 Å². The molecule has 2 heterocycles. The van der Waals surface area contributed by atoms with E-state index < -0.39 is 11.2 Å². The summed E-state index contributed by atoms with van der Waals surface area (Å²) in [5, 5.41) is 3.25. The van der Waals surface area contributed by atoms with Gasteiger partial charge in [-0.15, -0.1) is 0 Å². The number of rotatable bonds is 5. The highest BCUT2D eigenvalue weighted by Crippen LogP contribution is 2.30. The number of nitrogens with one attached hydrogen (secondary N) is 1. The van der Waals surface area contributed by atoms with Crippen LogP contribution in [0.3, 0.4) is 0 Å². The summed E-state index contributed by atoms with van der Waals surface area (Å²) < 4.78 is 12.1. The molecule has 1 amide bonds. The van der Waals surface area contributed by atoms with Crippen LogP contribution >= 0.6 is 22.9 Å². The van der Waals surface area contributed by atoms with Gasteiger partial charge in [0.25, 0.3) is 5.91 Å². The molecule has 3 rings (SSSR count). The molecule has 1 aliphatic rings. The van der Waals surface area contributed by atoms with Gasteiger partial charge in [-0.2, -0.15) is 0 Å². The first kappa shape index (κ1) is 18.4. The summed E-state index contributed by atoms with van der Waals surface area (Å²) in [5.74, 6) is 0.123. The van der Waals surface area contributed by atoms with Crippen LogP contribution in [0.1, 0.15) is 31.4 Å². The van der Waals surface area contributed by atoms with Crippen molar-refractivity contribution in [2.45, 2.75) is 30.6 Å². The Kier molecular flexibility index (Phi) is 6.11. The molecule has 1 unspecified atom stereocenters. The number of carbonyl (C=O) groups excluding carboxylic acids is 1. The normalized spacial score (nSPS) is 16.8. The highest BCUT2D eigenvalue weighted by Gasteiger charge is 2.20. The lowest BCUT2D eigenvalue weighted by atomic mass is 10.0. The van der Waals surface area contributed by atoms with Crippen LogP contribution in [-0.4, -0.2) is 26.7 Å². The van der Waals surface area contributed by atoms with E-state index in [1.807, 2.05) is 6.08 Å². The second-order valence-corrected chi connectivity index (χ2v) is 8.92. The summed E-state index contributed by atoms with van der Waals surface area (Å²) in [7, 11) is 0. The minimum atomic E-state index is -1.10. The molecule has 0 aromatic carbocycles. The van der Waals surface area contributed by atoms with E-state index in [2.05, 4.69) is 15.3 Å². The van der Waals surface area contributed by atoms with Crippen molar-refractivity contribution in [1.82, 2.24) is 9.97 Å². The number of halogens is 1. The summed E-state index contributed by atoms with van der Waals surface area (Å²) in [6.07, 6.45) is 11.2. The predicted molar refractivity (Wildman–Crippen MR) is 102 cm³/mol. The summed E-state index contributed by atoms with van der Waals surface area (Å²) in [6.45, 7) is 0. The summed E-state index contributed by atoms with van der Waals surface area (Å²) in [5.41, 5.74) is 1.09. The molecule has 1 atom stereocenters. The number of hydrogen-bond acceptors (Lipinski definition) is 5. The van der Waals surface area contributed by atoms with Crippen LogP contribution < -0.4 is 5.32 Å². The van der Waals surface area contributed by atoms with Gasteiger partial charge in [0.2, 0.25) is 0 Å². The van der Waals surface area contributed by atoms with Crippen molar-refractivity contribution in [2.75, 3.05) is 11.6 Å². The third kappa shape index (κ3) is 4.82. The minimum Gasteiger partial charge on any atom is -0.612 e. The zero-order chi connectivity index (χ0) is 17.8. The molecule has 0 radical (unpaired) electrons. The Bertz CT molecular complexity index is 768. The zero-order valence-corrected chi connectivity index (χ0v) is 16.1. The summed E-state index contributed by atoms with van der Waals surface area (Å²) in [4.78, 5) is 21.8. The molecule has 1 saturated carbocycles. The van der Waals surface area contributed by atoms with Gasteiger partial charge in [-0.05, 0) is 42.1 Å². The standard InChI is InChI=1S/C17H18ClN3O2S2/c1-25(23)12-6-7-14(19-9-12)13(8-11-4-2-3-5-11)16(22)21-17-20-10-15(18)24-17/h6-11H,2-5H2,1H3,(H,20,21,22)/b13-8+. The maximum atomic E-state index is 12.8. The van der Waals surface area contributed by atoms with Gasteiger partial charge in [0.05, 0.1) is 23.7 Å². The van der Waals surface area contributed by atoms with E-state index >= 15 is 0 Å². The fraction of sp³-hybridized carbons (Fsp3) is 0.353. The Morgan fingerprint density at radius 2 is 2.12 bits per heavy atom. The topological polar surface area (TPSA) is 77.9 Å². The van der Waals surface area contributed by atoms with E-state index in [0.717, 1.165) is 12.8 Å². The lowest BCUT2D eigenvalue weighted by molar-refractivity contribution is -0.111. The average molecular weight is 396 g/mol. The fourth-order valence-electron chi connectivity index (χ4n) is 2.82. The van der Waals surface area contributed by atoms with Crippen LogP contribution in [0.2, 0.25) is 4.34 Å². The molecule has 2 aromatic rings. The van der Waals surface area contributed by atoms with Crippen LogP contribution in [0.25, 0.3) is 5.57 Å². The van der Waals surface area contributed by atoms with Crippen molar-refractivity contribution >= 4 is 50.7 Å². The van der Waals surface area contributed by atoms with Gasteiger partial charge in [-0.25, -0.2) is 4.98 Å². The van der Waals surface area contributed by atoms with Crippen molar-refractivity contribution < 1.29 is 9.35 Å². The number of aromatic nitrogens is 2.